The maximum Gasteiger partial charge on any atom is 0.246 e. The number of likely N-dealkylation sites (N-methyl/N-ethyl adjacent to an activating group) is 1. The Morgan fingerprint density at radius 3 is 2.45 bits per heavy atom. The summed E-state index contributed by atoms with van der Waals surface area (Å²) in [6.45, 7) is 9.23. The second kappa shape index (κ2) is 7.38. The van der Waals surface area contributed by atoms with Gasteiger partial charge >= 0.3 is 0 Å². The Morgan fingerprint density at radius 1 is 1.35 bits per heavy atom. The van der Waals surface area contributed by atoms with Gasteiger partial charge in [0.15, 0.2) is 0 Å². The third kappa shape index (κ3) is 3.56. The van der Waals surface area contributed by atoms with E-state index in [1.54, 1.807) is 11.8 Å². The number of likely N-dealkylation sites (tertiary alicyclic amines) is 1. The number of hydrogen-bond donors (Lipinski definition) is 1. The summed E-state index contributed by atoms with van der Waals surface area (Å²) in [6, 6.07) is -1.03. The van der Waals surface area contributed by atoms with Crippen LogP contribution in [0.5, 0.6) is 0 Å². The molecule has 0 aliphatic carbocycles. The quantitative estimate of drug-likeness (QED) is 0.685. The van der Waals surface area contributed by atoms with E-state index in [0.717, 1.165) is 6.42 Å². The van der Waals surface area contributed by atoms with Crippen LogP contribution in [0.15, 0.2) is 0 Å². The van der Waals surface area contributed by atoms with Gasteiger partial charge in [-0.25, -0.2) is 0 Å². The molecule has 1 aliphatic rings. The van der Waals surface area contributed by atoms with Crippen molar-refractivity contribution in [2.45, 2.75) is 52.6 Å². The molecule has 0 bridgehead atoms. The molecule has 2 unspecified atom stereocenters. The summed E-state index contributed by atoms with van der Waals surface area (Å²) in [7, 11) is 0. The molecular weight excluding hydrogens is 258 g/mol. The highest BCUT2D eigenvalue weighted by Crippen LogP contribution is 2.14. The van der Waals surface area contributed by atoms with Gasteiger partial charge in [0.05, 0.1) is 18.5 Å². The van der Waals surface area contributed by atoms with Crippen LogP contribution in [0.4, 0.5) is 0 Å². The molecule has 1 rings (SSSR count). The number of rotatable bonds is 7. The van der Waals surface area contributed by atoms with E-state index in [1.807, 2.05) is 20.8 Å². The lowest BCUT2D eigenvalue weighted by molar-refractivity contribution is -0.138. The first-order chi connectivity index (χ1) is 9.46. The molecule has 0 radical (unpaired) electrons. The van der Waals surface area contributed by atoms with Gasteiger partial charge in [-0.3, -0.25) is 24.6 Å². The van der Waals surface area contributed by atoms with E-state index in [9.17, 15) is 14.4 Å². The van der Waals surface area contributed by atoms with Gasteiger partial charge < -0.3 is 4.90 Å². The van der Waals surface area contributed by atoms with Gasteiger partial charge in [-0.2, -0.15) is 0 Å². The summed E-state index contributed by atoms with van der Waals surface area (Å²) in [6.07, 6.45) is 0.896. The van der Waals surface area contributed by atoms with Crippen molar-refractivity contribution in [3.05, 3.63) is 0 Å². The first-order valence-corrected chi connectivity index (χ1v) is 7.35. The maximum atomic E-state index is 12.1. The average molecular weight is 283 g/mol. The molecule has 1 N–H and O–H groups in total. The van der Waals surface area contributed by atoms with Gasteiger partial charge in [-0.1, -0.05) is 6.92 Å². The number of carbonyl (C=O) groups excluding carboxylic acids is 3. The number of nitrogens with zero attached hydrogens (tertiary/aromatic N) is 2. The highest BCUT2D eigenvalue weighted by atomic mass is 16.2. The van der Waals surface area contributed by atoms with Gasteiger partial charge in [-0.05, 0) is 27.2 Å². The fourth-order valence-electron chi connectivity index (χ4n) is 2.45. The number of nitrogens with one attached hydrogen (secondary N) is 1. The van der Waals surface area contributed by atoms with Gasteiger partial charge in [0.2, 0.25) is 17.7 Å². The second-order valence-electron chi connectivity index (χ2n) is 5.04. The molecule has 0 saturated carbocycles. The topological polar surface area (TPSA) is 69.7 Å². The van der Waals surface area contributed by atoms with Crippen LogP contribution in [0.1, 0.15) is 40.5 Å². The van der Waals surface area contributed by atoms with E-state index in [-0.39, 0.29) is 24.1 Å². The molecule has 2 atom stereocenters. The molecule has 6 nitrogen and oxygen atoms in total. The first-order valence-electron chi connectivity index (χ1n) is 7.35. The van der Waals surface area contributed by atoms with Crippen molar-refractivity contribution >= 4 is 17.7 Å². The SMILES string of the molecule is CCCN1C(=O)CC(NC(C)C(=O)N(CC)CC)C1=O. The van der Waals surface area contributed by atoms with Crippen LogP contribution in [0, 0.1) is 0 Å². The van der Waals surface area contributed by atoms with Crippen LogP contribution in [0.25, 0.3) is 0 Å². The molecule has 3 amide bonds. The van der Waals surface area contributed by atoms with E-state index in [0.29, 0.717) is 19.6 Å². The summed E-state index contributed by atoms with van der Waals surface area (Å²) < 4.78 is 0. The Bertz CT molecular complexity index is 380. The highest BCUT2D eigenvalue weighted by Gasteiger charge is 2.39. The Labute approximate surface area is 120 Å². The van der Waals surface area contributed by atoms with Crippen molar-refractivity contribution in [3.8, 4) is 0 Å². The monoisotopic (exact) mass is 283 g/mol. The maximum absolute atomic E-state index is 12.1. The molecule has 1 aliphatic heterocycles. The van der Waals surface area contributed by atoms with Crippen LogP contribution in [-0.2, 0) is 14.4 Å². The zero-order valence-corrected chi connectivity index (χ0v) is 12.8. The van der Waals surface area contributed by atoms with Crippen LogP contribution in [0.3, 0.4) is 0 Å². The summed E-state index contributed by atoms with van der Waals surface area (Å²) in [4.78, 5) is 39.0. The van der Waals surface area contributed by atoms with Crippen molar-refractivity contribution in [1.29, 1.82) is 0 Å². The van der Waals surface area contributed by atoms with Gasteiger partial charge in [0.1, 0.15) is 0 Å². The summed E-state index contributed by atoms with van der Waals surface area (Å²) in [5.41, 5.74) is 0. The lowest BCUT2D eigenvalue weighted by Crippen LogP contribution is -2.50. The van der Waals surface area contributed by atoms with Crippen molar-refractivity contribution in [1.82, 2.24) is 15.1 Å². The lowest BCUT2D eigenvalue weighted by Gasteiger charge is -2.25. The van der Waals surface area contributed by atoms with Crippen LogP contribution in [-0.4, -0.2) is 59.2 Å². The van der Waals surface area contributed by atoms with E-state index in [1.165, 1.54) is 4.90 Å². The Balaban J connectivity index is 2.63. The van der Waals surface area contributed by atoms with Gasteiger partial charge in [-0.15, -0.1) is 0 Å². The fourth-order valence-corrected chi connectivity index (χ4v) is 2.45. The molecule has 0 aromatic rings. The molecular formula is C14H25N3O3. The van der Waals surface area contributed by atoms with E-state index in [4.69, 9.17) is 0 Å². The standard InChI is InChI=1S/C14H25N3O3/c1-5-8-17-12(18)9-11(14(17)20)15-10(4)13(19)16(6-2)7-3/h10-11,15H,5-9H2,1-4H3. The zero-order valence-electron chi connectivity index (χ0n) is 12.8. The van der Waals surface area contributed by atoms with Gasteiger partial charge in [0.25, 0.3) is 0 Å². The minimum atomic E-state index is -0.566. The smallest absolute Gasteiger partial charge is 0.246 e. The molecule has 0 aromatic heterocycles. The number of amides is 3. The van der Waals surface area contributed by atoms with Crippen LogP contribution in [0.2, 0.25) is 0 Å². The third-order valence-corrected chi connectivity index (χ3v) is 3.59. The molecule has 1 heterocycles. The van der Waals surface area contributed by atoms with E-state index in [2.05, 4.69) is 5.32 Å². The Morgan fingerprint density at radius 2 is 1.95 bits per heavy atom. The molecule has 0 aromatic carbocycles. The normalized spacial score (nSPS) is 20.4. The summed E-state index contributed by atoms with van der Waals surface area (Å²) in [5.74, 6) is -0.405. The van der Waals surface area contributed by atoms with Crippen molar-refractivity contribution < 1.29 is 14.4 Å². The second-order valence-corrected chi connectivity index (χ2v) is 5.04. The fraction of sp³-hybridized carbons (Fsp3) is 0.786. The predicted octanol–water partition coefficient (Wildman–Crippen LogP) is 0.370. The Hall–Kier alpha value is -1.43. The van der Waals surface area contributed by atoms with E-state index < -0.39 is 12.1 Å². The largest absolute Gasteiger partial charge is 0.342 e. The molecule has 20 heavy (non-hydrogen) atoms. The minimum absolute atomic E-state index is 0.0378. The summed E-state index contributed by atoms with van der Waals surface area (Å²) in [5, 5.41) is 2.99. The molecule has 1 saturated heterocycles. The van der Waals surface area contributed by atoms with Crippen LogP contribution < -0.4 is 5.32 Å². The minimum Gasteiger partial charge on any atom is -0.342 e. The van der Waals surface area contributed by atoms with Crippen molar-refractivity contribution in [3.63, 3.8) is 0 Å². The molecule has 6 heteroatoms. The highest BCUT2D eigenvalue weighted by molar-refractivity contribution is 6.05. The number of imide groups is 1. The third-order valence-electron chi connectivity index (χ3n) is 3.59. The van der Waals surface area contributed by atoms with Gasteiger partial charge in [0, 0.05) is 19.6 Å². The van der Waals surface area contributed by atoms with Crippen molar-refractivity contribution in [2.24, 2.45) is 0 Å². The number of hydrogen-bond acceptors (Lipinski definition) is 4. The lowest BCUT2D eigenvalue weighted by atomic mass is 10.2. The summed E-state index contributed by atoms with van der Waals surface area (Å²) >= 11 is 0. The molecule has 1 fully saturated rings. The molecule has 0 spiro atoms. The zero-order chi connectivity index (χ0) is 15.3. The van der Waals surface area contributed by atoms with Crippen LogP contribution >= 0.6 is 0 Å². The predicted molar refractivity (Wildman–Crippen MR) is 75.9 cm³/mol. The first kappa shape index (κ1) is 16.6. The molecule has 114 valence electrons. The van der Waals surface area contributed by atoms with Crippen molar-refractivity contribution in [2.75, 3.05) is 19.6 Å². The van der Waals surface area contributed by atoms with E-state index >= 15 is 0 Å². The average Bonchev–Trinajstić information content (AvgIpc) is 2.68. The Kier molecular flexibility index (Phi) is 6.13. The number of carbonyl (C=O) groups is 3.